The average molecular weight is 307 g/mol. The zero-order valence-corrected chi connectivity index (χ0v) is 14.0. The molecule has 1 atom stereocenters. The fourth-order valence-electron chi connectivity index (χ4n) is 2.81. The molecule has 0 fully saturated rings. The van der Waals surface area contributed by atoms with Crippen LogP contribution in [0.3, 0.4) is 0 Å². The number of β-amino-alcohol motifs (C(OH)–C–C–N with tert-alkyl or cyclic N) is 1. The van der Waals surface area contributed by atoms with E-state index in [1.165, 1.54) is 0 Å². The summed E-state index contributed by atoms with van der Waals surface area (Å²) in [7, 11) is 3.16. The number of carbonyl (C=O) groups excluding carboxylic acids is 1. The van der Waals surface area contributed by atoms with Gasteiger partial charge in [0.25, 0.3) is 0 Å². The summed E-state index contributed by atoms with van der Waals surface area (Å²) in [5.74, 6) is 1.34. The van der Waals surface area contributed by atoms with Gasteiger partial charge in [-0.05, 0) is 18.6 Å². The highest BCUT2D eigenvalue weighted by atomic mass is 16.5. The molecule has 1 amide bonds. The predicted octanol–water partition coefficient (Wildman–Crippen LogP) is 2.52. The maximum Gasteiger partial charge on any atom is 0.228 e. The molecule has 5 heteroatoms. The molecule has 0 aliphatic carbocycles. The first-order chi connectivity index (χ1) is 10.4. The summed E-state index contributed by atoms with van der Waals surface area (Å²) < 4.78 is 10.7. The number of ether oxygens (including phenoxy) is 2. The van der Waals surface area contributed by atoms with E-state index in [2.05, 4.69) is 0 Å². The number of carbonyl (C=O) groups is 1. The van der Waals surface area contributed by atoms with Crippen LogP contribution in [0.1, 0.15) is 44.4 Å². The van der Waals surface area contributed by atoms with Crippen molar-refractivity contribution in [2.24, 2.45) is 5.41 Å². The molecule has 1 heterocycles. The molecule has 0 unspecified atom stereocenters. The van der Waals surface area contributed by atoms with Crippen LogP contribution in [0.25, 0.3) is 0 Å². The Balaban J connectivity index is 2.43. The van der Waals surface area contributed by atoms with E-state index in [0.29, 0.717) is 18.0 Å². The molecule has 0 radical (unpaired) electrons. The van der Waals surface area contributed by atoms with Crippen molar-refractivity contribution in [1.29, 1.82) is 0 Å². The Kier molecular flexibility index (Phi) is 4.66. The molecule has 1 aliphatic heterocycles. The predicted molar refractivity (Wildman–Crippen MR) is 84.0 cm³/mol. The molecular formula is C17H25NO4. The van der Waals surface area contributed by atoms with Gasteiger partial charge in [0.2, 0.25) is 5.91 Å². The van der Waals surface area contributed by atoms with Crippen LogP contribution >= 0.6 is 0 Å². The second kappa shape index (κ2) is 6.16. The smallest absolute Gasteiger partial charge is 0.228 e. The molecule has 1 aromatic carbocycles. The van der Waals surface area contributed by atoms with Crippen LogP contribution in [-0.2, 0) is 11.3 Å². The van der Waals surface area contributed by atoms with Crippen molar-refractivity contribution in [3.05, 3.63) is 23.3 Å². The molecule has 5 nitrogen and oxygen atoms in total. The summed E-state index contributed by atoms with van der Waals surface area (Å²) in [6.45, 7) is 6.56. The fraction of sp³-hybridized carbons (Fsp3) is 0.588. The second-order valence-electron chi connectivity index (χ2n) is 6.30. The van der Waals surface area contributed by atoms with Crippen molar-refractivity contribution in [3.8, 4) is 11.5 Å². The van der Waals surface area contributed by atoms with E-state index in [9.17, 15) is 9.90 Å². The quantitative estimate of drug-likeness (QED) is 0.928. The molecule has 1 aliphatic rings. The first kappa shape index (κ1) is 16.6. The van der Waals surface area contributed by atoms with Crippen LogP contribution in [0, 0.1) is 5.41 Å². The highest BCUT2D eigenvalue weighted by Crippen LogP contribution is 2.40. The summed E-state index contributed by atoms with van der Waals surface area (Å²) in [6, 6.07) is 3.59. The monoisotopic (exact) mass is 307 g/mol. The van der Waals surface area contributed by atoms with E-state index in [0.717, 1.165) is 17.5 Å². The van der Waals surface area contributed by atoms with Crippen molar-refractivity contribution < 1.29 is 19.4 Å². The Morgan fingerprint density at radius 1 is 1.32 bits per heavy atom. The zero-order valence-electron chi connectivity index (χ0n) is 14.0. The van der Waals surface area contributed by atoms with E-state index < -0.39 is 11.5 Å². The van der Waals surface area contributed by atoms with Crippen LogP contribution in [0.2, 0.25) is 0 Å². The topological polar surface area (TPSA) is 59.0 Å². The van der Waals surface area contributed by atoms with Crippen LogP contribution in [0.4, 0.5) is 0 Å². The lowest BCUT2D eigenvalue weighted by Gasteiger charge is -2.37. The van der Waals surface area contributed by atoms with Gasteiger partial charge in [0, 0.05) is 23.1 Å². The lowest BCUT2D eigenvalue weighted by atomic mass is 9.86. The number of hydrogen-bond acceptors (Lipinski definition) is 4. The fourth-order valence-corrected chi connectivity index (χ4v) is 2.81. The lowest BCUT2D eigenvalue weighted by Crippen LogP contribution is -2.44. The van der Waals surface area contributed by atoms with Gasteiger partial charge < -0.3 is 19.5 Å². The normalized spacial score (nSPS) is 17.9. The maximum absolute atomic E-state index is 12.7. The second-order valence-corrected chi connectivity index (χ2v) is 6.30. The Morgan fingerprint density at radius 3 is 2.45 bits per heavy atom. The van der Waals surface area contributed by atoms with Gasteiger partial charge in [-0.1, -0.05) is 20.8 Å². The third-order valence-corrected chi connectivity index (χ3v) is 4.54. The minimum Gasteiger partial charge on any atom is -0.496 e. The molecule has 2 rings (SSSR count). The number of benzene rings is 1. The number of aliphatic hydroxyl groups excluding tert-OH is 1. The Bertz CT molecular complexity index is 568. The number of hydrogen-bond donors (Lipinski definition) is 1. The molecule has 0 bridgehead atoms. The summed E-state index contributed by atoms with van der Waals surface area (Å²) in [4.78, 5) is 14.4. The third kappa shape index (κ3) is 2.77. The summed E-state index contributed by atoms with van der Waals surface area (Å²) in [5, 5.41) is 10.5. The van der Waals surface area contributed by atoms with Crippen LogP contribution in [0.5, 0.6) is 11.5 Å². The average Bonchev–Trinajstić information content (AvgIpc) is 2.52. The molecule has 1 aromatic rings. The number of rotatable bonds is 4. The number of aliphatic hydroxyl groups is 1. The first-order valence-electron chi connectivity index (χ1n) is 7.56. The summed E-state index contributed by atoms with van der Waals surface area (Å²) in [6.07, 6.45) is -0.0222. The minimum atomic E-state index is -0.773. The standard InChI is InChI=1S/C17H25NO4/c1-6-17(2,3)16(20)18-9-11-13(21-4)7-8-14(22-5)15(11)12(19)10-18/h7-8,12,19H,6,9-10H2,1-5H3/t12-/m1/s1. The first-order valence-corrected chi connectivity index (χ1v) is 7.56. The molecule has 0 saturated heterocycles. The van der Waals surface area contributed by atoms with Crippen LogP contribution in [0.15, 0.2) is 12.1 Å². The maximum atomic E-state index is 12.7. The number of methoxy groups -OCH3 is 2. The largest absolute Gasteiger partial charge is 0.496 e. The Morgan fingerprint density at radius 2 is 1.91 bits per heavy atom. The van der Waals surface area contributed by atoms with Gasteiger partial charge in [0.05, 0.1) is 20.8 Å². The van der Waals surface area contributed by atoms with Gasteiger partial charge in [-0.2, -0.15) is 0 Å². The molecule has 0 saturated carbocycles. The van der Waals surface area contributed by atoms with Gasteiger partial charge in [0.1, 0.15) is 17.6 Å². The number of amides is 1. The Hall–Kier alpha value is -1.75. The SMILES string of the molecule is CCC(C)(C)C(=O)N1Cc2c(OC)ccc(OC)c2[C@H](O)C1. The van der Waals surface area contributed by atoms with Crippen molar-refractivity contribution in [3.63, 3.8) is 0 Å². The molecule has 22 heavy (non-hydrogen) atoms. The number of fused-ring (bicyclic) bond motifs is 1. The van der Waals surface area contributed by atoms with E-state index in [1.54, 1.807) is 25.2 Å². The van der Waals surface area contributed by atoms with Crippen molar-refractivity contribution >= 4 is 5.91 Å². The highest BCUT2D eigenvalue weighted by Gasteiger charge is 2.36. The number of nitrogens with zero attached hydrogens (tertiary/aromatic N) is 1. The van der Waals surface area contributed by atoms with Gasteiger partial charge in [-0.25, -0.2) is 0 Å². The van der Waals surface area contributed by atoms with Crippen LogP contribution < -0.4 is 9.47 Å². The molecule has 0 spiro atoms. The van der Waals surface area contributed by atoms with Crippen molar-refractivity contribution in [1.82, 2.24) is 4.90 Å². The van der Waals surface area contributed by atoms with Crippen LogP contribution in [-0.4, -0.2) is 36.7 Å². The molecular weight excluding hydrogens is 282 g/mol. The van der Waals surface area contributed by atoms with E-state index >= 15 is 0 Å². The van der Waals surface area contributed by atoms with E-state index in [-0.39, 0.29) is 12.5 Å². The summed E-state index contributed by atoms with van der Waals surface area (Å²) in [5.41, 5.74) is 1.10. The van der Waals surface area contributed by atoms with E-state index in [4.69, 9.17) is 9.47 Å². The highest BCUT2D eigenvalue weighted by molar-refractivity contribution is 5.82. The summed E-state index contributed by atoms with van der Waals surface area (Å²) >= 11 is 0. The van der Waals surface area contributed by atoms with Gasteiger partial charge >= 0.3 is 0 Å². The molecule has 1 N–H and O–H groups in total. The van der Waals surface area contributed by atoms with Gasteiger partial charge in [-0.15, -0.1) is 0 Å². The van der Waals surface area contributed by atoms with Gasteiger partial charge in [0.15, 0.2) is 0 Å². The third-order valence-electron chi connectivity index (χ3n) is 4.54. The zero-order chi connectivity index (χ0) is 16.5. The Labute approximate surface area is 131 Å². The van der Waals surface area contributed by atoms with E-state index in [1.807, 2.05) is 26.8 Å². The molecule has 0 aromatic heterocycles. The van der Waals surface area contributed by atoms with Gasteiger partial charge in [-0.3, -0.25) is 4.79 Å². The van der Waals surface area contributed by atoms with Crippen molar-refractivity contribution in [2.75, 3.05) is 20.8 Å². The van der Waals surface area contributed by atoms with Crippen molar-refractivity contribution in [2.45, 2.75) is 39.8 Å². The lowest BCUT2D eigenvalue weighted by molar-refractivity contribution is -0.143. The minimum absolute atomic E-state index is 0.0459. The molecule has 122 valence electrons.